The van der Waals surface area contributed by atoms with Crippen molar-refractivity contribution in [2.75, 3.05) is 13.2 Å². The summed E-state index contributed by atoms with van der Waals surface area (Å²) < 4.78 is 6.29. The maximum absolute atomic E-state index is 5.13. The molecule has 3 heteroatoms. The Bertz CT molecular complexity index is 338. The molecule has 1 aliphatic heterocycles. The molecule has 1 N–H and O–H groups in total. The number of ether oxygens (including phenoxy) is 1. The summed E-state index contributed by atoms with van der Waals surface area (Å²) in [5.41, 5.74) is 4.09. The molecule has 2 rings (SSSR count). The fourth-order valence-corrected chi connectivity index (χ4v) is 2.51. The quantitative estimate of drug-likeness (QED) is 0.911. The normalized spacial score (nSPS) is 16.5. The van der Waals surface area contributed by atoms with Crippen molar-refractivity contribution in [3.63, 3.8) is 0 Å². The topological polar surface area (TPSA) is 21.3 Å². The Morgan fingerprint density at radius 2 is 1.93 bits per heavy atom. The van der Waals surface area contributed by atoms with Crippen LogP contribution in [0.4, 0.5) is 0 Å². The van der Waals surface area contributed by atoms with E-state index in [2.05, 4.69) is 47.2 Å². The molecule has 1 saturated heterocycles. The molecule has 1 aromatic carbocycles. The van der Waals surface area contributed by atoms with Crippen LogP contribution in [0.1, 0.15) is 16.7 Å². The molecule has 0 aliphatic carbocycles. The van der Waals surface area contributed by atoms with Crippen LogP contribution >= 0.6 is 15.9 Å². The predicted octanol–water partition coefficient (Wildman–Crippen LogP) is 2.55. The number of nitrogens with one attached hydrogen (secondary N) is 1. The third-order valence-corrected chi connectivity index (χ3v) is 3.32. The summed E-state index contributed by atoms with van der Waals surface area (Å²) >= 11 is 3.51. The van der Waals surface area contributed by atoms with Gasteiger partial charge in [0.25, 0.3) is 0 Å². The fourth-order valence-electron chi connectivity index (χ4n) is 1.82. The lowest BCUT2D eigenvalue weighted by Crippen LogP contribution is -2.45. The smallest absolute Gasteiger partial charge is 0.0643 e. The number of benzene rings is 1. The maximum atomic E-state index is 5.13. The van der Waals surface area contributed by atoms with Gasteiger partial charge in [0, 0.05) is 11.0 Å². The summed E-state index contributed by atoms with van der Waals surface area (Å²) in [5, 5.41) is 3.50. The summed E-state index contributed by atoms with van der Waals surface area (Å²) in [7, 11) is 0. The third kappa shape index (κ3) is 2.60. The minimum atomic E-state index is 0.549. The second-order valence-electron chi connectivity index (χ2n) is 4.13. The average molecular weight is 270 g/mol. The number of hydrogen-bond acceptors (Lipinski definition) is 2. The average Bonchev–Trinajstić information content (AvgIpc) is 2.06. The third-order valence-electron chi connectivity index (χ3n) is 2.87. The first-order valence-electron chi connectivity index (χ1n) is 5.23. The van der Waals surface area contributed by atoms with Crippen molar-refractivity contribution in [2.24, 2.45) is 0 Å². The minimum Gasteiger partial charge on any atom is -0.378 e. The lowest BCUT2D eigenvalue weighted by atomic mass is 10.0. The molecule has 0 spiro atoms. The van der Waals surface area contributed by atoms with E-state index in [9.17, 15) is 0 Å². The van der Waals surface area contributed by atoms with E-state index in [1.54, 1.807) is 0 Å². The zero-order chi connectivity index (χ0) is 10.8. The lowest BCUT2D eigenvalue weighted by molar-refractivity contribution is -0.00582. The molecular formula is C12H16BrNO. The summed E-state index contributed by atoms with van der Waals surface area (Å²) in [6.45, 7) is 6.97. The summed E-state index contributed by atoms with van der Waals surface area (Å²) in [6.07, 6.45) is 0. The van der Waals surface area contributed by atoms with Gasteiger partial charge in [0.15, 0.2) is 0 Å². The van der Waals surface area contributed by atoms with E-state index < -0.39 is 0 Å². The van der Waals surface area contributed by atoms with Crippen LogP contribution in [0, 0.1) is 13.8 Å². The Balaban J connectivity index is 2.05. The van der Waals surface area contributed by atoms with Crippen LogP contribution in [0.5, 0.6) is 0 Å². The van der Waals surface area contributed by atoms with Crippen LogP contribution in [0.3, 0.4) is 0 Å². The molecule has 15 heavy (non-hydrogen) atoms. The monoisotopic (exact) mass is 269 g/mol. The van der Waals surface area contributed by atoms with Gasteiger partial charge in [0.2, 0.25) is 0 Å². The first kappa shape index (κ1) is 11.1. The number of hydrogen-bond donors (Lipinski definition) is 1. The molecule has 1 aromatic rings. The zero-order valence-electron chi connectivity index (χ0n) is 9.14. The minimum absolute atomic E-state index is 0.549. The van der Waals surface area contributed by atoms with Gasteiger partial charge < -0.3 is 10.1 Å². The second-order valence-corrected chi connectivity index (χ2v) is 5.05. The van der Waals surface area contributed by atoms with E-state index in [1.165, 1.54) is 16.7 Å². The van der Waals surface area contributed by atoms with Crippen molar-refractivity contribution in [1.82, 2.24) is 5.32 Å². The van der Waals surface area contributed by atoms with E-state index in [1.807, 2.05) is 0 Å². The Morgan fingerprint density at radius 1 is 1.33 bits per heavy atom. The van der Waals surface area contributed by atoms with Gasteiger partial charge in [-0.25, -0.2) is 0 Å². The molecular weight excluding hydrogens is 254 g/mol. The van der Waals surface area contributed by atoms with Crippen molar-refractivity contribution < 1.29 is 4.74 Å². The van der Waals surface area contributed by atoms with E-state index in [4.69, 9.17) is 4.74 Å². The van der Waals surface area contributed by atoms with Crippen LogP contribution in [0.15, 0.2) is 16.6 Å². The van der Waals surface area contributed by atoms with Crippen LogP contribution < -0.4 is 5.32 Å². The highest BCUT2D eigenvalue weighted by Gasteiger charge is 2.17. The van der Waals surface area contributed by atoms with Gasteiger partial charge in [-0.3, -0.25) is 0 Å². The standard InChI is InChI=1S/C12H16BrNO/c1-8-3-10(13)4-9(2)12(8)5-14-11-6-15-7-11/h3-4,11,14H,5-7H2,1-2H3. The molecule has 82 valence electrons. The zero-order valence-corrected chi connectivity index (χ0v) is 10.7. The van der Waals surface area contributed by atoms with Gasteiger partial charge in [-0.1, -0.05) is 15.9 Å². The lowest BCUT2D eigenvalue weighted by Gasteiger charge is -2.27. The first-order chi connectivity index (χ1) is 7.16. The van der Waals surface area contributed by atoms with Crippen molar-refractivity contribution in [2.45, 2.75) is 26.4 Å². The molecule has 2 nitrogen and oxygen atoms in total. The molecule has 1 fully saturated rings. The molecule has 0 atom stereocenters. The van der Waals surface area contributed by atoms with Gasteiger partial charge in [0.1, 0.15) is 0 Å². The van der Waals surface area contributed by atoms with Gasteiger partial charge in [-0.2, -0.15) is 0 Å². The summed E-state index contributed by atoms with van der Waals surface area (Å²) in [4.78, 5) is 0. The predicted molar refractivity (Wildman–Crippen MR) is 65.1 cm³/mol. The van der Waals surface area contributed by atoms with Crippen LogP contribution in [0.25, 0.3) is 0 Å². The van der Waals surface area contributed by atoms with E-state index in [-0.39, 0.29) is 0 Å². The number of halogens is 1. The van der Waals surface area contributed by atoms with Crippen molar-refractivity contribution >= 4 is 15.9 Å². The van der Waals surface area contributed by atoms with E-state index >= 15 is 0 Å². The SMILES string of the molecule is Cc1cc(Br)cc(C)c1CNC1COC1. The highest BCUT2D eigenvalue weighted by Crippen LogP contribution is 2.20. The molecule has 1 heterocycles. The Hall–Kier alpha value is -0.380. The first-order valence-corrected chi connectivity index (χ1v) is 6.03. The maximum Gasteiger partial charge on any atom is 0.0643 e. The number of rotatable bonds is 3. The summed E-state index contributed by atoms with van der Waals surface area (Å²) in [6, 6.07) is 4.88. The number of aryl methyl sites for hydroxylation is 2. The van der Waals surface area contributed by atoms with Crippen molar-refractivity contribution in [1.29, 1.82) is 0 Å². The summed E-state index contributed by atoms with van der Waals surface area (Å²) in [5.74, 6) is 0. The fraction of sp³-hybridized carbons (Fsp3) is 0.500. The highest BCUT2D eigenvalue weighted by atomic mass is 79.9. The largest absolute Gasteiger partial charge is 0.378 e. The highest BCUT2D eigenvalue weighted by molar-refractivity contribution is 9.10. The second kappa shape index (κ2) is 4.64. The molecule has 0 aromatic heterocycles. The molecule has 0 unspecified atom stereocenters. The molecule has 0 saturated carbocycles. The Morgan fingerprint density at radius 3 is 2.40 bits per heavy atom. The Labute approximate surface area is 99.1 Å². The van der Waals surface area contributed by atoms with E-state index in [0.29, 0.717) is 6.04 Å². The van der Waals surface area contributed by atoms with Gasteiger partial charge >= 0.3 is 0 Å². The molecule has 0 radical (unpaired) electrons. The van der Waals surface area contributed by atoms with Gasteiger partial charge in [-0.05, 0) is 42.7 Å². The molecule has 0 bridgehead atoms. The van der Waals surface area contributed by atoms with E-state index in [0.717, 1.165) is 24.2 Å². The molecule has 0 amide bonds. The van der Waals surface area contributed by atoms with Crippen molar-refractivity contribution in [3.8, 4) is 0 Å². The van der Waals surface area contributed by atoms with Crippen LogP contribution in [0.2, 0.25) is 0 Å². The van der Waals surface area contributed by atoms with Crippen LogP contribution in [-0.4, -0.2) is 19.3 Å². The van der Waals surface area contributed by atoms with Crippen LogP contribution in [-0.2, 0) is 11.3 Å². The Kier molecular flexibility index (Phi) is 3.44. The molecule has 1 aliphatic rings. The van der Waals surface area contributed by atoms with Crippen molar-refractivity contribution in [3.05, 3.63) is 33.3 Å². The van der Waals surface area contributed by atoms with Gasteiger partial charge in [0.05, 0.1) is 19.3 Å². The van der Waals surface area contributed by atoms with Gasteiger partial charge in [-0.15, -0.1) is 0 Å².